The summed E-state index contributed by atoms with van der Waals surface area (Å²) in [6, 6.07) is 4.86. The van der Waals surface area contributed by atoms with Crippen LogP contribution in [0.4, 0.5) is 20.2 Å². The van der Waals surface area contributed by atoms with Gasteiger partial charge in [0.25, 0.3) is 18.2 Å². The molecule has 1 atom stereocenters. The lowest BCUT2D eigenvalue weighted by atomic mass is 10.2. The minimum Gasteiger partial charge on any atom is -0.370 e. The van der Waals surface area contributed by atoms with E-state index in [-0.39, 0.29) is 19.1 Å². The summed E-state index contributed by atoms with van der Waals surface area (Å²) in [5, 5.41) is 2.50. The molecule has 1 aromatic carbocycles. The van der Waals surface area contributed by atoms with Crippen LogP contribution in [0.15, 0.2) is 24.3 Å². The number of rotatable bonds is 8. The highest BCUT2D eigenvalue weighted by Gasteiger charge is 2.32. The number of nitrogens with one attached hydrogen (secondary N) is 1. The molecule has 1 saturated heterocycles. The highest BCUT2D eigenvalue weighted by atomic mass is 19.3. The van der Waals surface area contributed by atoms with Crippen LogP contribution in [-0.4, -0.2) is 67.9 Å². The Morgan fingerprint density at radius 3 is 2.52 bits per heavy atom. The van der Waals surface area contributed by atoms with E-state index < -0.39 is 30.8 Å². The standard InChI is InChI=1S/C17H22F2N4O4/c1-2-22(9-13(18)19)15(16(20)25)17(26)21-11-3-5-12(6-4-11)23-7-8-27-10-14(23)24/h3-6,13,15H,2,7-10H2,1H3,(H2,20,25)(H,21,26)/t15-/m0/s1. The molecule has 1 fully saturated rings. The van der Waals surface area contributed by atoms with Crippen molar-refractivity contribution in [3.8, 4) is 0 Å². The smallest absolute Gasteiger partial charge is 0.253 e. The van der Waals surface area contributed by atoms with Crippen LogP contribution in [0.3, 0.4) is 0 Å². The van der Waals surface area contributed by atoms with Crippen LogP contribution in [0, 0.1) is 0 Å². The van der Waals surface area contributed by atoms with Crippen LogP contribution < -0.4 is 16.0 Å². The van der Waals surface area contributed by atoms with E-state index in [1.165, 1.54) is 0 Å². The number of carbonyl (C=O) groups excluding carboxylic acids is 3. The summed E-state index contributed by atoms with van der Waals surface area (Å²) in [5.41, 5.74) is 6.23. The molecule has 0 bridgehead atoms. The number of anilines is 2. The minimum atomic E-state index is -2.70. The molecule has 148 valence electrons. The van der Waals surface area contributed by atoms with E-state index in [0.717, 1.165) is 4.90 Å². The second-order valence-corrected chi connectivity index (χ2v) is 5.92. The van der Waals surface area contributed by atoms with Crippen molar-refractivity contribution in [1.82, 2.24) is 4.90 Å². The van der Waals surface area contributed by atoms with Crippen molar-refractivity contribution >= 4 is 29.1 Å². The minimum absolute atomic E-state index is 0.00969. The molecular formula is C17H22F2N4O4. The van der Waals surface area contributed by atoms with E-state index in [4.69, 9.17) is 10.5 Å². The Bertz CT molecular complexity index is 684. The average Bonchev–Trinajstić information content (AvgIpc) is 2.61. The lowest BCUT2D eigenvalue weighted by molar-refractivity contribution is -0.133. The summed E-state index contributed by atoms with van der Waals surface area (Å²) in [6.45, 7) is 1.74. The van der Waals surface area contributed by atoms with Gasteiger partial charge in [0.2, 0.25) is 5.91 Å². The largest absolute Gasteiger partial charge is 0.370 e. The summed E-state index contributed by atoms with van der Waals surface area (Å²) in [6.07, 6.45) is -2.70. The second-order valence-electron chi connectivity index (χ2n) is 5.92. The van der Waals surface area contributed by atoms with Crippen molar-refractivity contribution in [2.45, 2.75) is 19.4 Å². The summed E-state index contributed by atoms with van der Waals surface area (Å²) >= 11 is 0. The molecule has 1 aliphatic heterocycles. The molecule has 0 saturated carbocycles. The lowest BCUT2D eigenvalue weighted by Crippen LogP contribution is -2.53. The number of primary amides is 1. The van der Waals surface area contributed by atoms with Crippen molar-refractivity contribution in [2.24, 2.45) is 5.73 Å². The quantitative estimate of drug-likeness (QED) is 0.633. The Hall–Kier alpha value is -2.59. The molecule has 0 radical (unpaired) electrons. The van der Waals surface area contributed by atoms with Gasteiger partial charge >= 0.3 is 0 Å². The van der Waals surface area contributed by atoms with Crippen molar-refractivity contribution < 1.29 is 27.9 Å². The maximum Gasteiger partial charge on any atom is 0.253 e. The Balaban J connectivity index is 2.08. The maximum absolute atomic E-state index is 12.7. The van der Waals surface area contributed by atoms with Crippen LogP contribution in [-0.2, 0) is 19.1 Å². The first-order valence-electron chi connectivity index (χ1n) is 8.44. The van der Waals surface area contributed by atoms with Crippen molar-refractivity contribution in [3.05, 3.63) is 24.3 Å². The average molecular weight is 384 g/mol. The lowest BCUT2D eigenvalue weighted by Gasteiger charge is -2.28. The van der Waals surface area contributed by atoms with Gasteiger partial charge in [-0.15, -0.1) is 0 Å². The number of hydrogen-bond donors (Lipinski definition) is 2. The topological polar surface area (TPSA) is 105 Å². The van der Waals surface area contributed by atoms with E-state index >= 15 is 0 Å². The van der Waals surface area contributed by atoms with Gasteiger partial charge in [0, 0.05) is 17.9 Å². The van der Waals surface area contributed by atoms with E-state index in [1.807, 2.05) is 0 Å². The molecule has 0 aromatic heterocycles. The molecule has 3 amide bonds. The summed E-state index contributed by atoms with van der Waals surface area (Å²) in [4.78, 5) is 38.4. The molecule has 1 aromatic rings. The molecule has 10 heteroatoms. The van der Waals surface area contributed by atoms with Crippen LogP contribution in [0.1, 0.15) is 6.92 Å². The molecule has 1 aliphatic rings. The normalized spacial score (nSPS) is 15.9. The van der Waals surface area contributed by atoms with Gasteiger partial charge in [0.1, 0.15) is 6.61 Å². The van der Waals surface area contributed by atoms with Gasteiger partial charge in [0.05, 0.1) is 13.2 Å². The molecule has 3 N–H and O–H groups in total. The van der Waals surface area contributed by atoms with Crippen LogP contribution in [0.5, 0.6) is 0 Å². The molecule has 0 unspecified atom stereocenters. The predicted octanol–water partition coefficient (Wildman–Crippen LogP) is 0.429. The van der Waals surface area contributed by atoms with E-state index in [1.54, 1.807) is 36.1 Å². The molecule has 0 spiro atoms. The summed E-state index contributed by atoms with van der Waals surface area (Å²) < 4.78 is 30.4. The van der Waals surface area contributed by atoms with Gasteiger partial charge in [-0.2, -0.15) is 0 Å². The van der Waals surface area contributed by atoms with Gasteiger partial charge in [-0.3, -0.25) is 19.3 Å². The number of nitrogens with two attached hydrogens (primary N) is 1. The number of benzene rings is 1. The predicted molar refractivity (Wildman–Crippen MR) is 94.5 cm³/mol. The SMILES string of the molecule is CCN(CC(F)F)[C@@H](C(N)=O)C(=O)Nc1ccc(N2CCOCC2=O)cc1. The van der Waals surface area contributed by atoms with E-state index in [9.17, 15) is 23.2 Å². The molecule has 1 heterocycles. The monoisotopic (exact) mass is 384 g/mol. The van der Waals surface area contributed by atoms with Gasteiger partial charge in [0.15, 0.2) is 6.04 Å². The van der Waals surface area contributed by atoms with Gasteiger partial charge < -0.3 is 20.7 Å². The molecule has 27 heavy (non-hydrogen) atoms. The second kappa shape index (κ2) is 9.38. The first kappa shape index (κ1) is 20.7. The third-order valence-corrected chi connectivity index (χ3v) is 4.09. The van der Waals surface area contributed by atoms with Crippen molar-refractivity contribution in [2.75, 3.05) is 43.1 Å². The first-order chi connectivity index (χ1) is 12.8. The number of alkyl halides is 2. The van der Waals surface area contributed by atoms with Gasteiger partial charge in [-0.1, -0.05) is 6.92 Å². The maximum atomic E-state index is 12.7. The number of amides is 3. The van der Waals surface area contributed by atoms with Gasteiger partial charge in [-0.25, -0.2) is 8.78 Å². The fraction of sp³-hybridized carbons (Fsp3) is 0.471. The van der Waals surface area contributed by atoms with Gasteiger partial charge in [-0.05, 0) is 30.8 Å². The highest BCUT2D eigenvalue weighted by Crippen LogP contribution is 2.20. The molecule has 0 aliphatic carbocycles. The Labute approximate surface area is 155 Å². The first-order valence-corrected chi connectivity index (χ1v) is 8.44. The summed E-state index contributed by atoms with van der Waals surface area (Å²) in [5.74, 6) is -1.97. The third-order valence-electron chi connectivity index (χ3n) is 4.09. The van der Waals surface area contributed by atoms with E-state index in [2.05, 4.69) is 5.32 Å². The number of nitrogens with zero attached hydrogens (tertiary/aromatic N) is 2. The number of halogens is 2. The van der Waals surface area contributed by atoms with E-state index in [0.29, 0.717) is 24.5 Å². The zero-order chi connectivity index (χ0) is 20.0. The van der Waals surface area contributed by atoms with Crippen LogP contribution >= 0.6 is 0 Å². The zero-order valence-electron chi connectivity index (χ0n) is 14.9. The number of carbonyl (C=O) groups is 3. The molecule has 2 rings (SSSR count). The number of ether oxygens (including phenoxy) is 1. The number of hydrogen-bond acceptors (Lipinski definition) is 5. The van der Waals surface area contributed by atoms with Crippen LogP contribution in [0.2, 0.25) is 0 Å². The number of likely N-dealkylation sites (N-methyl/N-ethyl adjacent to an activating group) is 1. The fourth-order valence-electron chi connectivity index (χ4n) is 2.80. The van der Waals surface area contributed by atoms with Crippen molar-refractivity contribution in [1.29, 1.82) is 0 Å². The van der Waals surface area contributed by atoms with Crippen LogP contribution in [0.25, 0.3) is 0 Å². The number of morpholine rings is 1. The molecule has 8 nitrogen and oxygen atoms in total. The third kappa shape index (κ3) is 5.44. The Kier molecular flexibility index (Phi) is 7.19. The van der Waals surface area contributed by atoms with Crippen molar-refractivity contribution in [3.63, 3.8) is 0 Å². The summed E-state index contributed by atoms with van der Waals surface area (Å²) in [7, 11) is 0. The fourth-order valence-corrected chi connectivity index (χ4v) is 2.80. The Morgan fingerprint density at radius 2 is 2.00 bits per heavy atom. The highest BCUT2D eigenvalue weighted by molar-refractivity contribution is 6.09. The Morgan fingerprint density at radius 1 is 1.33 bits per heavy atom. The molecular weight excluding hydrogens is 362 g/mol. The zero-order valence-corrected chi connectivity index (χ0v) is 14.9.